The molecule has 0 aliphatic rings. The molecule has 0 rings (SSSR count). The molecule has 1 unspecified atom stereocenters. The average Bonchev–Trinajstić information content (AvgIpc) is 2.24. The molecule has 4 nitrogen and oxygen atoms in total. The van der Waals surface area contributed by atoms with Gasteiger partial charge in [0, 0.05) is 13.2 Å². The molecule has 0 aromatic carbocycles. The minimum atomic E-state index is -0.518. The van der Waals surface area contributed by atoms with Gasteiger partial charge in [-0.05, 0) is 12.3 Å². The summed E-state index contributed by atoms with van der Waals surface area (Å²) in [5.41, 5.74) is 0. The molecule has 1 atom stereocenters. The van der Waals surface area contributed by atoms with E-state index >= 15 is 0 Å². The lowest BCUT2D eigenvalue weighted by Crippen LogP contribution is -2.32. The van der Waals surface area contributed by atoms with Gasteiger partial charge in [-0.3, -0.25) is 4.79 Å². The van der Waals surface area contributed by atoms with Gasteiger partial charge in [0.15, 0.2) is 0 Å². The maximum atomic E-state index is 11.5. The number of rotatable bonds is 8. The maximum absolute atomic E-state index is 11.5. The molecule has 0 heterocycles. The summed E-state index contributed by atoms with van der Waals surface area (Å²) >= 11 is 0. The van der Waals surface area contributed by atoms with Crippen LogP contribution in [-0.2, 0) is 9.53 Å². The van der Waals surface area contributed by atoms with Crippen molar-refractivity contribution in [2.45, 2.75) is 33.6 Å². The van der Waals surface area contributed by atoms with Gasteiger partial charge in [0.2, 0.25) is 5.91 Å². The highest BCUT2D eigenvalue weighted by Gasteiger charge is 2.15. The van der Waals surface area contributed by atoms with E-state index < -0.39 is 5.92 Å². The number of carbonyl (C=O) groups excluding carboxylic acids is 1. The van der Waals surface area contributed by atoms with Crippen molar-refractivity contribution >= 4 is 5.91 Å². The Morgan fingerprint density at radius 2 is 2.19 bits per heavy atom. The van der Waals surface area contributed by atoms with Crippen LogP contribution in [0.2, 0.25) is 0 Å². The van der Waals surface area contributed by atoms with Crippen LogP contribution in [0.25, 0.3) is 0 Å². The Balaban J connectivity index is 3.60. The fourth-order valence-corrected chi connectivity index (χ4v) is 1.23. The first-order valence-corrected chi connectivity index (χ1v) is 5.86. The van der Waals surface area contributed by atoms with Crippen LogP contribution in [0.5, 0.6) is 0 Å². The van der Waals surface area contributed by atoms with Gasteiger partial charge in [-0.15, -0.1) is 0 Å². The monoisotopic (exact) mass is 226 g/mol. The topological polar surface area (TPSA) is 62.1 Å². The van der Waals surface area contributed by atoms with Gasteiger partial charge in [-0.2, -0.15) is 5.26 Å². The molecule has 0 aliphatic carbocycles. The molecule has 4 heteroatoms. The molecule has 16 heavy (non-hydrogen) atoms. The van der Waals surface area contributed by atoms with Crippen molar-refractivity contribution < 1.29 is 9.53 Å². The van der Waals surface area contributed by atoms with Crippen molar-refractivity contribution in [1.29, 1.82) is 5.26 Å². The Hall–Kier alpha value is -1.08. The van der Waals surface area contributed by atoms with Crippen LogP contribution in [-0.4, -0.2) is 25.7 Å². The summed E-state index contributed by atoms with van der Waals surface area (Å²) in [4.78, 5) is 11.5. The molecule has 0 aromatic heterocycles. The minimum absolute atomic E-state index is 0.183. The molecule has 1 N–H and O–H groups in total. The van der Waals surface area contributed by atoms with Gasteiger partial charge >= 0.3 is 0 Å². The lowest BCUT2D eigenvalue weighted by molar-refractivity contribution is -0.123. The quantitative estimate of drug-likeness (QED) is 0.641. The van der Waals surface area contributed by atoms with Gasteiger partial charge in [0.1, 0.15) is 5.92 Å². The first-order valence-electron chi connectivity index (χ1n) is 5.86. The second-order valence-corrected chi connectivity index (χ2v) is 4.23. The minimum Gasteiger partial charge on any atom is -0.379 e. The second-order valence-electron chi connectivity index (χ2n) is 4.23. The summed E-state index contributed by atoms with van der Waals surface area (Å²) in [5.74, 6) is -0.199. The van der Waals surface area contributed by atoms with Gasteiger partial charge in [-0.1, -0.05) is 27.2 Å². The highest BCUT2D eigenvalue weighted by atomic mass is 16.5. The number of nitrogens with one attached hydrogen (secondary N) is 1. The largest absolute Gasteiger partial charge is 0.379 e. The lowest BCUT2D eigenvalue weighted by atomic mass is 10.1. The third-order valence-corrected chi connectivity index (χ3v) is 2.05. The Morgan fingerprint density at radius 1 is 1.50 bits per heavy atom. The fourth-order valence-electron chi connectivity index (χ4n) is 1.23. The molecule has 0 saturated carbocycles. The zero-order valence-electron chi connectivity index (χ0n) is 10.5. The van der Waals surface area contributed by atoms with Gasteiger partial charge in [0.05, 0.1) is 12.7 Å². The Morgan fingerprint density at radius 3 is 2.69 bits per heavy atom. The number of nitrogens with zero attached hydrogens (tertiary/aromatic N) is 1. The standard InChI is InChI=1S/C12H22N2O2/c1-4-5-11(8-13)12(15)14-6-7-16-9-10(2)3/h10-11H,4-7,9H2,1-3H3,(H,14,15). The zero-order valence-corrected chi connectivity index (χ0v) is 10.5. The van der Waals surface area contributed by atoms with Crippen LogP contribution >= 0.6 is 0 Å². The molecular formula is C12H22N2O2. The molecule has 0 spiro atoms. The number of amides is 1. The molecule has 0 saturated heterocycles. The van der Waals surface area contributed by atoms with Crippen molar-refractivity contribution in [2.24, 2.45) is 11.8 Å². The van der Waals surface area contributed by atoms with E-state index in [-0.39, 0.29) is 5.91 Å². The molecule has 0 bridgehead atoms. The summed E-state index contributed by atoms with van der Waals surface area (Å²) in [6.45, 7) is 7.80. The summed E-state index contributed by atoms with van der Waals surface area (Å²) in [6, 6.07) is 2.01. The summed E-state index contributed by atoms with van der Waals surface area (Å²) < 4.78 is 5.32. The number of hydrogen-bond acceptors (Lipinski definition) is 3. The normalized spacial score (nSPS) is 12.2. The number of ether oxygens (including phenoxy) is 1. The fraction of sp³-hybridized carbons (Fsp3) is 0.833. The number of carbonyl (C=O) groups is 1. The third-order valence-electron chi connectivity index (χ3n) is 2.05. The van der Waals surface area contributed by atoms with E-state index in [9.17, 15) is 4.79 Å². The highest BCUT2D eigenvalue weighted by Crippen LogP contribution is 2.04. The SMILES string of the molecule is CCCC(C#N)C(=O)NCCOCC(C)C. The van der Waals surface area contributed by atoms with Gasteiger partial charge in [-0.25, -0.2) is 0 Å². The highest BCUT2D eigenvalue weighted by molar-refractivity contribution is 5.80. The smallest absolute Gasteiger partial charge is 0.237 e. The number of hydrogen-bond donors (Lipinski definition) is 1. The van der Waals surface area contributed by atoms with E-state index in [1.165, 1.54) is 0 Å². The first kappa shape index (κ1) is 14.9. The molecule has 0 aromatic rings. The van der Waals surface area contributed by atoms with Crippen molar-refractivity contribution in [2.75, 3.05) is 19.8 Å². The summed E-state index contributed by atoms with van der Waals surface area (Å²) in [7, 11) is 0. The Bertz CT molecular complexity index is 234. The molecule has 1 amide bonds. The van der Waals surface area contributed by atoms with E-state index in [0.29, 0.717) is 32.1 Å². The second kappa shape index (κ2) is 9.17. The molecular weight excluding hydrogens is 204 g/mol. The van der Waals surface area contributed by atoms with Crippen molar-refractivity contribution in [3.8, 4) is 6.07 Å². The zero-order chi connectivity index (χ0) is 12.4. The van der Waals surface area contributed by atoms with Crippen LogP contribution in [0.3, 0.4) is 0 Å². The van der Waals surface area contributed by atoms with E-state index in [1.807, 2.05) is 13.0 Å². The Labute approximate surface area is 98.0 Å². The van der Waals surface area contributed by atoms with Crippen LogP contribution in [0, 0.1) is 23.2 Å². The maximum Gasteiger partial charge on any atom is 0.237 e. The molecule has 92 valence electrons. The predicted molar refractivity (Wildman–Crippen MR) is 62.7 cm³/mol. The van der Waals surface area contributed by atoms with E-state index in [2.05, 4.69) is 19.2 Å². The summed E-state index contributed by atoms with van der Waals surface area (Å²) in [5, 5.41) is 11.5. The summed E-state index contributed by atoms with van der Waals surface area (Å²) in [6.07, 6.45) is 1.46. The van der Waals surface area contributed by atoms with Crippen LogP contribution in [0.15, 0.2) is 0 Å². The van der Waals surface area contributed by atoms with Crippen LogP contribution in [0.1, 0.15) is 33.6 Å². The Kier molecular flexibility index (Phi) is 8.55. The van der Waals surface area contributed by atoms with E-state index in [1.54, 1.807) is 0 Å². The third kappa shape index (κ3) is 7.24. The molecule has 0 fully saturated rings. The van der Waals surface area contributed by atoms with Crippen LogP contribution in [0.4, 0.5) is 0 Å². The van der Waals surface area contributed by atoms with Crippen molar-refractivity contribution in [3.05, 3.63) is 0 Å². The molecule has 0 radical (unpaired) electrons. The van der Waals surface area contributed by atoms with E-state index in [0.717, 1.165) is 6.42 Å². The van der Waals surface area contributed by atoms with Gasteiger partial charge in [0.25, 0.3) is 0 Å². The first-order chi connectivity index (χ1) is 7.61. The van der Waals surface area contributed by atoms with Crippen LogP contribution < -0.4 is 5.32 Å². The van der Waals surface area contributed by atoms with Gasteiger partial charge < -0.3 is 10.1 Å². The van der Waals surface area contributed by atoms with Crippen molar-refractivity contribution in [3.63, 3.8) is 0 Å². The predicted octanol–water partition coefficient (Wildman–Crippen LogP) is 1.72. The average molecular weight is 226 g/mol. The molecule has 0 aliphatic heterocycles. The lowest BCUT2D eigenvalue weighted by Gasteiger charge is -2.10. The number of nitriles is 1. The van der Waals surface area contributed by atoms with E-state index in [4.69, 9.17) is 10.00 Å². The van der Waals surface area contributed by atoms with Crippen molar-refractivity contribution in [1.82, 2.24) is 5.32 Å².